The third-order valence-corrected chi connectivity index (χ3v) is 7.70. The van der Waals surface area contributed by atoms with E-state index in [0.29, 0.717) is 5.92 Å². The van der Waals surface area contributed by atoms with E-state index in [2.05, 4.69) is 98.0 Å². The molecule has 1 aliphatic heterocycles. The van der Waals surface area contributed by atoms with Gasteiger partial charge in [-0.05, 0) is 51.6 Å². The fraction of sp³-hybridized carbons (Fsp3) is 0.273. The lowest BCUT2D eigenvalue weighted by Gasteiger charge is -2.27. The first-order valence-electron chi connectivity index (χ1n) is 12.7. The summed E-state index contributed by atoms with van der Waals surface area (Å²) in [5.74, 6) is 2.22. The molecule has 1 aromatic heterocycles. The first kappa shape index (κ1) is 22.6. The van der Waals surface area contributed by atoms with Gasteiger partial charge in [0.1, 0.15) is 18.5 Å². The van der Waals surface area contributed by atoms with Gasteiger partial charge >= 0.3 is 0 Å². The minimum atomic E-state index is -0.417. The summed E-state index contributed by atoms with van der Waals surface area (Å²) >= 11 is 0. The number of nitrogens with zero attached hydrogens (tertiary/aromatic N) is 2. The predicted molar refractivity (Wildman–Crippen MR) is 149 cm³/mol. The number of aromatic nitrogens is 1. The molecular formula is C33H31N2O+. The SMILES string of the molecule is [C-]#[N+]C(C)(C)Cc1ccc2c(c1)cc1c3c([n+](C)ccc32)-c2c(c(C(C)C)c3ccccc3c2C)O1. The third-order valence-electron chi connectivity index (χ3n) is 7.70. The van der Waals surface area contributed by atoms with Gasteiger partial charge in [0.25, 0.3) is 0 Å². The Bertz CT molecular complexity index is 1770. The van der Waals surface area contributed by atoms with E-state index in [9.17, 15) is 0 Å². The molecular weight excluding hydrogens is 440 g/mol. The summed E-state index contributed by atoms with van der Waals surface area (Å²) in [6.07, 6.45) is 2.90. The van der Waals surface area contributed by atoms with Crippen LogP contribution in [-0.4, -0.2) is 5.54 Å². The van der Waals surface area contributed by atoms with Crippen LogP contribution in [0.5, 0.6) is 11.5 Å². The molecule has 6 rings (SSSR count). The lowest BCUT2D eigenvalue weighted by molar-refractivity contribution is -0.659. The van der Waals surface area contributed by atoms with E-state index in [1.807, 2.05) is 13.8 Å². The summed E-state index contributed by atoms with van der Waals surface area (Å²) in [6, 6.07) is 19.8. The Morgan fingerprint density at radius 3 is 2.44 bits per heavy atom. The van der Waals surface area contributed by atoms with Crippen molar-refractivity contribution in [1.29, 1.82) is 0 Å². The number of hydrogen-bond donors (Lipinski definition) is 0. The number of fused-ring (bicyclic) bond motifs is 5. The van der Waals surface area contributed by atoms with Crippen LogP contribution in [-0.2, 0) is 13.5 Å². The highest BCUT2D eigenvalue weighted by atomic mass is 16.5. The van der Waals surface area contributed by atoms with Crippen LogP contribution in [0.1, 0.15) is 50.3 Å². The molecule has 0 N–H and O–H groups in total. The maximum atomic E-state index is 7.54. The van der Waals surface area contributed by atoms with Crippen molar-refractivity contribution < 1.29 is 9.30 Å². The summed E-state index contributed by atoms with van der Waals surface area (Å²) in [5, 5.41) is 7.30. The summed E-state index contributed by atoms with van der Waals surface area (Å²) in [5.41, 5.74) is 5.71. The van der Waals surface area contributed by atoms with Crippen molar-refractivity contribution in [1.82, 2.24) is 0 Å². The van der Waals surface area contributed by atoms with Crippen LogP contribution < -0.4 is 9.30 Å². The fourth-order valence-electron chi connectivity index (χ4n) is 6.02. The maximum Gasteiger partial charge on any atom is 0.231 e. The molecule has 0 saturated heterocycles. The van der Waals surface area contributed by atoms with Crippen LogP contribution >= 0.6 is 0 Å². The molecule has 0 spiro atoms. The van der Waals surface area contributed by atoms with E-state index in [0.717, 1.165) is 23.3 Å². The molecule has 0 saturated carbocycles. The third kappa shape index (κ3) is 3.21. The lowest BCUT2D eigenvalue weighted by Crippen LogP contribution is -2.32. The van der Waals surface area contributed by atoms with Gasteiger partial charge in [0.2, 0.25) is 11.2 Å². The highest BCUT2D eigenvalue weighted by molar-refractivity contribution is 6.16. The average molecular weight is 472 g/mol. The second kappa shape index (κ2) is 7.80. The van der Waals surface area contributed by atoms with Crippen molar-refractivity contribution in [2.75, 3.05) is 0 Å². The monoisotopic (exact) mass is 471 g/mol. The summed E-state index contributed by atoms with van der Waals surface area (Å²) < 4.78 is 9.14. The molecule has 0 aliphatic carbocycles. The molecule has 0 amide bonds. The Morgan fingerprint density at radius 2 is 1.72 bits per heavy atom. The van der Waals surface area contributed by atoms with Crippen LogP contribution in [0.4, 0.5) is 0 Å². The van der Waals surface area contributed by atoms with Gasteiger partial charge in [0, 0.05) is 30.9 Å². The lowest BCUT2D eigenvalue weighted by atomic mass is 9.84. The topological polar surface area (TPSA) is 17.5 Å². The van der Waals surface area contributed by atoms with Crippen LogP contribution in [0.3, 0.4) is 0 Å². The smallest absolute Gasteiger partial charge is 0.231 e. The number of hydrogen-bond acceptors (Lipinski definition) is 1. The van der Waals surface area contributed by atoms with Crippen molar-refractivity contribution in [2.45, 2.75) is 52.5 Å². The molecule has 0 radical (unpaired) electrons. The molecule has 0 atom stereocenters. The van der Waals surface area contributed by atoms with E-state index in [4.69, 9.17) is 11.3 Å². The number of aryl methyl sites for hydroxylation is 2. The van der Waals surface area contributed by atoms with Crippen molar-refractivity contribution in [2.24, 2.45) is 7.05 Å². The van der Waals surface area contributed by atoms with E-state index < -0.39 is 5.54 Å². The molecule has 0 unspecified atom stereocenters. The Morgan fingerprint density at radius 1 is 0.972 bits per heavy atom. The molecule has 0 fully saturated rings. The Hall–Kier alpha value is -3.90. The Balaban J connectivity index is 1.71. The van der Waals surface area contributed by atoms with E-state index in [1.165, 1.54) is 54.9 Å². The van der Waals surface area contributed by atoms with Gasteiger partial charge in [0.15, 0.2) is 6.20 Å². The van der Waals surface area contributed by atoms with Crippen molar-refractivity contribution >= 4 is 32.3 Å². The first-order chi connectivity index (χ1) is 17.2. The van der Waals surface area contributed by atoms with Gasteiger partial charge in [-0.3, -0.25) is 0 Å². The van der Waals surface area contributed by atoms with Crippen LogP contribution in [0, 0.1) is 13.5 Å². The van der Waals surface area contributed by atoms with Crippen LogP contribution in [0.15, 0.2) is 60.8 Å². The first-order valence-corrected chi connectivity index (χ1v) is 12.7. The molecule has 3 nitrogen and oxygen atoms in total. The molecule has 178 valence electrons. The highest BCUT2D eigenvalue weighted by Gasteiger charge is 2.34. The second-order valence-corrected chi connectivity index (χ2v) is 11.1. The van der Waals surface area contributed by atoms with Gasteiger partial charge in [0.05, 0.1) is 17.4 Å². The van der Waals surface area contributed by atoms with E-state index >= 15 is 0 Å². The molecule has 2 heterocycles. The molecule has 4 aromatic carbocycles. The molecule has 3 heteroatoms. The molecule has 0 bridgehead atoms. The summed E-state index contributed by atoms with van der Waals surface area (Å²) in [6.45, 7) is 18.3. The van der Waals surface area contributed by atoms with Gasteiger partial charge in [-0.1, -0.05) is 56.3 Å². The van der Waals surface area contributed by atoms with E-state index in [1.54, 1.807) is 0 Å². The number of pyridine rings is 1. The minimum absolute atomic E-state index is 0.318. The minimum Gasteiger partial charge on any atom is -0.455 e. The van der Waals surface area contributed by atoms with Crippen molar-refractivity contribution in [3.05, 3.63) is 88.9 Å². The number of ether oxygens (including phenoxy) is 1. The molecule has 36 heavy (non-hydrogen) atoms. The largest absolute Gasteiger partial charge is 0.455 e. The molecule has 1 aliphatic rings. The zero-order chi connectivity index (χ0) is 25.4. The summed E-state index contributed by atoms with van der Waals surface area (Å²) in [7, 11) is 2.14. The number of rotatable bonds is 3. The predicted octanol–water partition coefficient (Wildman–Crippen LogP) is 8.42. The maximum absolute atomic E-state index is 7.54. The van der Waals surface area contributed by atoms with Gasteiger partial charge in [-0.2, -0.15) is 0 Å². The summed E-state index contributed by atoms with van der Waals surface area (Å²) in [4.78, 5) is 3.82. The fourth-order valence-corrected chi connectivity index (χ4v) is 6.02. The van der Waals surface area contributed by atoms with Crippen LogP contribution in [0.2, 0.25) is 0 Å². The zero-order valence-electron chi connectivity index (χ0n) is 21.9. The van der Waals surface area contributed by atoms with Crippen LogP contribution in [0.25, 0.3) is 48.4 Å². The highest BCUT2D eigenvalue weighted by Crippen LogP contribution is 2.53. The normalized spacial score (nSPS) is 12.7. The van der Waals surface area contributed by atoms with E-state index in [-0.39, 0.29) is 0 Å². The average Bonchev–Trinajstić information content (AvgIpc) is 2.84. The van der Waals surface area contributed by atoms with Crippen molar-refractivity contribution in [3.8, 4) is 22.8 Å². The van der Waals surface area contributed by atoms with Crippen molar-refractivity contribution in [3.63, 3.8) is 0 Å². The van der Waals surface area contributed by atoms with Gasteiger partial charge in [-0.15, -0.1) is 0 Å². The second-order valence-electron chi connectivity index (χ2n) is 11.1. The quantitative estimate of drug-likeness (QED) is 0.144. The molecule has 5 aromatic rings. The standard InChI is InChI=1S/C33H31N2O/c1-19(2)28-25-11-9-8-10-23(25)20(3)29-31-30-26(14-15-35(31)7)24-13-12-21(18-33(4,5)34-6)16-22(24)17-27(30)36-32(28)29/h8-17,19H,18H2,1-5,7H3/q+1. The Kier molecular flexibility index (Phi) is 4.89. The Labute approximate surface area is 212 Å². The van der Waals surface area contributed by atoms with Gasteiger partial charge < -0.3 is 9.58 Å². The number of benzene rings is 4. The zero-order valence-corrected chi connectivity index (χ0v) is 21.9. The van der Waals surface area contributed by atoms with Gasteiger partial charge in [-0.25, -0.2) is 11.1 Å².